The highest BCUT2D eigenvalue weighted by atomic mass is 35.5. The van der Waals surface area contributed by atoms with Crippen LogP contribution in [-0.4, -0.2) is 38.9 Å². The van der Waals surface area contributed by atoms with E-state index in [1.165, 1.54) is 36.4 Å². The molecule has 162 valence electrons. The molecule has 30 heavy (non-hydrogen) atoms. The number of carbonyl (C=O) groups excluding carboxylic acids is 1. The van der Waals surface area contributed by atoms with Crippen LogP contribution in [-0.2, 0) is 14.8 Å². The molecule has 0 aliphatic carbocycles. The van der Waals surface area contributed by atoms with Crippen LogP contribution in [0.2, 0.25) is 5.02 Å². The molecule has 0 saturated carbocycles. The molecule has 2 aromatic carbocycles. The third-order valence-electron chi connectivity index (χ3n) is 5.15. The van der Waals surface area contributed by atoms with Gasteiger partial charge in [-0.05, 0) is 62.3 Å². The van der Waals surface area contributed by atoms with Crippen LogP contribution in [0.5, 0.6) is 0 Å². The fourth-order valence-electron chi connectivity index (χ4n) is 3.53. The van der Waals surface area contributed by atoms with E-state index in [9.17, 15) is 17.6 Å². The highest BCUT2D eigenvalue weighted by Crippen LogP contribution is 2.32. The minimum atomic E-state index is -3.82. The number of nitrogens with zero attached hydrogens (tertiary/aromatic N) is 1. The molecular weight excluding hydrogens is 429 g/mol. The molecule has 9 heteroatoms. The molecule has 1 unspecified atom stereocenters. The maximum atomic E-state index is 14.6. The Balaban J connectivity index is 1.78. The van der Waals surface area contributed by atoms with Gasteiger partial charge in [-0.3, -0.25) is 9.69 Å². The number of sulfonamides is 1. The Hall–Kier alpha value is -2.00. The summed E-state index contributed by atoms with van der Waals surface area (Å²) in [6.45, 7) is 3.24. The van der Waals surface area contributed by atoms with Crippen LogP contribution in [0.1, 0.15) is 37.8 Å². The fourth-order valence-corrected chi connectivity index (χ4v) is 4.86. The third-order valence-corrected chi connectivity index (χ3v) is 6.92. The number of amides is 1. The highest BCUT2D eigenvalue weighted by Gasteiger charge is 2.29. The van der Waals surface area contributed by atoms with Gasteiger partial charge in [0.15, 0.2) is 0 Å². The molecule has 2 N–H and O–H groups in total. The normalized spacial score (nSPS) is 15.8. The third kappa shape index (κ3) is 5.37. The standard InChI is InChI=1S/C21H25ClFN3O3S/c1-2-20(27)25-15-8-10-16(11-9-15)30(28,29)24-14-19(26-12-3-4-13-26)21-17(22)6-5-7-18(21)23/h5-11,19,24H,2-4,12-14H2,1H3,(H,25,27). The summed E-state index contributed by atoms with van der Waals surface area (Å²) in [5.41, 5.74) is 0.829. The molecular formula is C21H25ClFN3O3S. The Morgan fingerprint density at radius 2 is 1.83 bits per heavy atom. The van der Waals surface area contributed by atoms with Crippen molar-refractivity contribution in [2.75, 3.05) is 25.0 Å². The zero-order valence-corrected chi connectivity index (χ0v) is 18.3. The SMILES string of the molecule is CCC(=O)Nc1ccc(S(=O)(=O)NCC(c2c(F)cccc2Cl)N2CCCC2)cc1. The second-order valence-electron chi connectivity index (χ2n) is 7.17. The Morgan fingerprint density at radius 3 is 2.43 bits per heavy atom. The highest BCUT2D eigenvalue weighted by molar-refractivity contribution is 7.89. The van der Waals surface area contributed by atoms with E-state index >= 15 is 0 Å². The summed E-state index contributed by atoms with van der Waals surface area (Å²) in [5, 5.41) is 2.95. The summed E-state index contributed by atoms with van der Waals surface area (Å²) >= 11 is 6.26. The minimum Gasteiger partial charge on any atom is -0.326 e. The molecule has 1 aliphatic heterocycles. The lowest BCUT2D eigenvalue weighted by Gasteiger charge is -2.29. The number of benzene rings is 2. The van der Waals surface area contributed by atoms with Gasteiger partial charge < -0.3 is 5.32 Å². The molecule has 1 atom stereocenters. The van der Waals surface area contributed by atoms with Gasteiger partial charge in [-0.25, -0.2) is 17.5 Å². The van der Waals surface area contributed by atoms with Gasteiger partial charge in [0.1, 0.15) is 5.82 Å². The molecule has 0 spiro atoms. The molecule has 1 saturated heterocycles. The first-order valence-electron chi connectivity index (χ1n) is 9.89. The van der Waals surface area contributed by atoms with Crippen molar-refractivity contribution in [3.05, 3.63) is 58.9 Å². The van der Waals surface area contributed by atoms with Gasteiger partial charge in [0.2, 0.25) is 15.9 Å². The van der Waals surface area contributed by atoms with E-state index in [0.29, 0.717) is 17.7 Å². The molecule has 6 nitrogen and oxygen atoms in total. The largest absolute Gasteiger partial charge is 0.326 e. The predicted molar refractivity (Wildman–Crippen MR) is 116 cm³/mol. The number of carbonyl (C=O) groups is 1. The van der Waals surface area contributed by atoms with Gasteiger partial charge in [-0.15, -0.1) is 0 Å². The minimum absolute atomic E-state index is 0.00267. The predicted octanol–water partition coefficient (Wildman–Crippen LogP) is 3.94. The first kappa shape index (κ1) is 22.7. The van der Waals surface area contributed by atoms with Crippen LogP contribution in [0, 0.1) is 5.82 Å². The van der Waals surface area contributed by atoms with Crippen molar-refractivity contribution in [1.82, 2.24) is 9.62 Å². The molecule has 1 amide bonds. The number of hydrogen-bond acceptors (Lipinski definition) is 4. The van der Waals surface area contributed by atoms with E-state index in [1.807, 2.05) is 0 Å². The van der Waals surface area contributed by atoms with Crippen LogP contribution in [0.3, 0.4) is 0 Å². The fraction of sp³-hybridized carbons (Fsp3) is 0.381. The van der Waals surface area contributed by atoms with Crippen LogP contribution >= 0.6 is 11.6 Å². The van der Waals surface area contributed by atoms with Crippen molar-refractivity contribution in [2.45, 2.75) is 37.1 Å². The first-order chi connectivity index (χ1) is 14.3. The van der Waals surface area contributed by atoms with Crippen molar-refractivity contribution in [3.63, 3.8) is 0 Å². The number of halogens is 2. The van der Waals surface area contributed by atoms with Gasteiger partial charge in [-0.1, -0.05) is 24.6 Å². The van der Waals surface area contributed by atoms with E-state index in [-0.39, 0.29) is 22.4 Å². The summed E-state index contributed by atoms with van der Waals surface area (Å²) in [6, 6.07) is 9.90. The molecule has 0 radical (unpaired) electrons. The topological polar surface area (TPSA) is 78.5 Å². The molecule has 3 rings (SSSR count). The lowest BCUT2D eigenvalue weighted by atomic mass is 10.0. The molecule has 1 fully saturated rings. The van der Waals surface area contributed by atoms with Gasteiger partial charge in [0.05, 0.1) is 10.9 Å². The van der Waals surface area contributed by atoms with Crippen LogP contribution in [0.15, 0.2) is 47.4 Å². The van der Waals surface area contributed by atoms with Crippen molar-refractivity contribution in [1.29, 1.82) is 0 Å². The number of likely N-dealkylation sites (tertiary alicyclic amines) is 1. The molecule has 1 heterocycles. The van der Waals surface area contributed by atoms with Crippen molar-refractivity contribution < 1.29 is 17.6 Å². The quantitative estimate of drug-likeness (QED) is 0.634. The Labute approximate surface area is 181 Å². The zero-order valence-electron chi connectivity index (χ0n) is 16.7. The summed E-state index contributed by atoms with van der Waals surface area (Å²) in [5.74, 6) is -0.603. The van der Waals surface area contributed by atoms with Crippen molar-refractivity contribution >= 4 is 33.2 Å². The smallest absolute Gasteiger partial charge is 0.240 e. The zero-order chi connectivity index (χ0) is 21.7. The molecule has 0 aromatic heterocycles. The van der Waals surface area contributed by atoms with Crippen LogP contribution in [0.4, 0.5) is 10.1 Å². The number of hydrogen-bond donors (Lipinski definition) is 2. The Morgan fingerprint density at radius 1 is 1.17 bits per heavy atom. The number of rotatable bonds is 8. The summed E-state index contributed by atoms with van der Waals surface area (Å²) in [6.07, 6.45) is 2.28. The van der Waals surface area contributed by atoms with Crippen LogP contribution < -0.4 is 10.0 Å². The lowest BCUT2D eigenvalue weighted by Crippen LogP contribution is -2.37. The van der Waals surface area contributed by atoms with E-state index in [0.717, 1.165) is 25.9 Å². The Kier molecular flexibility index (Phi) is 7.46. The average Bonchev–Trinajstić information content (AvgIpc) is 3.25. The van der Waals surface area contributed by atoms with E-state index in [2.05, 4.69) is 14.9 Å². The maximum Gasteiger partial charge on any atom is 0.240 e. The molecule has 0 bridgehead atoms. The van der Waals surface area contributed by atoms with Crippen LogP contribution in [0.25, 0.3) is 0 Å². The average molecular weight is 454 g/mol. The number of anilines is 1. The summed E-state index contributed by atoms with van der Waals surface area (Å²) in [4.78, 5) is 13.6. The van der Waals surface area contributed by atoms with Crippen molar-refractivity contribution in [2.24, 2.45) is 0 Å². The monoisotopic (exact) mass is 453 g/mol. The van der Waals surface area contributed by atoms with E-state index in [4.69, 9.17) is 11.6 Å². The second kappa shape index (κ2) is 9.87. The van der Waals surface area contributed by atoms with Gasteiger partial charge in [0, 0.05) is 29.2 Å². The second-order valence-corrected chi connectivity index (χ2v) is 9.35. The first-order valence-corrected chi connectivity index (χ1v) is 11.8. The molecule has 1 aliphatic rings. The Bertz CT molecular complexity index is 973. The van der Waals surface area contributed by atoms with Crippen molar-refractivity contribution in [3.8, 4) is 0 Å². The van der Waals surface area contributed by atoms with Gasteiger partial charge in [0.25, 0.3) is 0 Å². The maximum absolute atomic E-state index is 14.6. The molecule has 2 aromatic rings. The van der Waals surface area contributed by atoms with E-state index in [1.54, 1.807) is 13.0 Å². The number of nitrogens with one attached hydrogen (secondary N) is 2. The summed E-state index contributed by atoms with van der Waals surface area (Å²) in [7, 11) is -3.82. The van der Waals surface area contributed by atoms with Gasteiger partial charge in [-0.2, -0.15) is 0 Å². The summed E-state index contributed by atoms with van der Waals surface area (Å²) < 4.78 is 42.7. The van der Waals surface area contributed by atoms with E-state index < -0.39 is 21.9 Å². The van der Waals surface area contributed by atoms with Gasteiger partial charge >= 0.3 is 0 Å². The lowest BCUT2D eigenvalue weighted by molar-refractivity contribution is -0.115.